The van der Waals surface area contributed by atoms with Gasteiger partial charge in [0.1, 0.15) is 23.4 Å². The number of hydrogen-bond acceptors (Lipinski definition) is 5. The Bertz CT molecular complexity index is 1320. The van der Waals surface area contributed by atoms with Gasteiger partial charge in [-0.3, -0.25) is 9.59 Å². The zero-order chi connectivity index (χ0) is 29.4. The lowest BCUT2D eigenvalue weighted by Gasteiger charge is -2.32. The summed E-state index contributed by atoms with van der Waals surface area (Å²) in [6.07, 6.45) is -0.608. The fourth-order valence-electron chi connectivity index (χ4n) is 4.35. The van der Waals surface area contributed by atoms with Crippen LogP contribution >= 0.6 is 0 Å². The maximum Gasteiger partial charge on any atom is 0.408 e. The molecule has 0 aliphatic carbocycles. The molecule has 8 heteroatoms. The molecule has 0 spiro atoms. The monoisotopic (exact) mass is 545 g/mol. The van der Waals surface area contributed by atoms with Crippen LogP contribution in [0.25, 0.3) is 0 Å². The standard InChI is InChI=1S/C32H39N3O5/c1-21-12-13-22(2)26(18-21)28(29(37)33-20-24-10-8-7-9-11-24)35(6)30(38)27(34-31(39)40-32(3,4)5)19-23-14-16-25(36)17-15-23/h7-18,27-28,36H,19-20H2,1-6H3,(H,33,37)(H,34,39). The minimum atomic E-state index is -1.03. The number of carbonyl (C=O) groups is 3. The Kier molecular flexibility index (Phi) is 9.93. The number of carbonyl (C=O) groups excluding carboxylic acids is 3. The Morgan fingerprint density at radius 3 is 2.20 bits per heavy atom. The van der Waals surface area contributed by atoms with Gasteiger partial charge in [-0.05, 0) is 69.0 Å². The summed E-state index contributed by atoms with van der Waals surface area (Å²) in [4.78, 5) is 41.9. The van der Waals surface area contributed by atoms with Crippen LogP contribution in [0.15, 0.2) is 72.8 Å². The zero-order valence-electron chi connectivity index (χ0n) is 24.0. The second kappa shape index (κ2) is 13.2. The predicted octanol–water partition coefficient (Wildman–Crippen LogP) is 4.96. The van der Waals surface area contributed by atoms with Crippen LogP contribution in [0.1, 0.15) is 54.6 Å². The number of benzene rings is 3. The quantitative estimate of drug-likeness (QED) is 0.352. The average molecular weight is 546 g/mol. The molecule has 0 saturated carbocycles. The van der Waals surface area contributed by atoms with Crippen molar-refractivity contribution in [2.75, 3.05) is 7.05 Å². The number of aromatic hydroxyl groups is 1. The van der Waals surface area contributed by atoms with Crippen molar-refractivity contribution in [3.8, 4) is 5.75 Å². The Hall–Kier alpha value is -4.33. The van der Waals surface area contributed by atoms with Crippen molar-refractivity contribution < 1.29 is 24.2 Å². The van der Waals surface area contributed by atoms with Gasteiger partial charge in [0, 0.05) is 20.0 Å². The van der Waals surface area contributed by atoms with E-state index in [4.69, 9.17) is 4.74 Å². The Labute approximate surface area is 236 Å². The third kappa shape index (κ3) is 8.59. The highest BCUT2D eigenvalue weighted by Gasteiger charge is 2.35. The van der Waals surface area contributed by atoms with Crippen molar-refractivity contribution in [1.82, 2.24) is 15.5 Å². The number of hydrogen-bond donors (Lipinski definition) is 3. The average Bonchev–Trinajstić information content (AvgIpc) is 2.89. The third-order valence-corrected chi connectivity index (χ3v) is 6.39. The van der Waals surface area contributed by atoms with Gasteiger partial charge in [-0.15, -0.1) is 0 Å². The van der Waals surface area contributed by atoms with Crippen molar-refractivity contribution >= 4 is 17.9 Å². The van der Waals surface area contributed by atoms with Gasteiger partial charge >= 0.3 is 6.09 Å². The first-order valence-corrected chi connectivity index (χ1v) is 13.3. The van der Waals surface area contributed by atoms with Crippen LogP contribution in [0.3, 0.4) is 0 Å². The molecule has 0 saturated heterocycles. The molecule has 0 bridgehead atoms. The number of nitrogens with one attached hydrogen (secondary N) is 2. The highest BCUT2D eigenvalue weighted by atomic mass is 16.6. The Morgan fingerprint density at radius 2 is 1.57 bits per heavy atom. The Balaban J connectivity index is 1.94. The smallest absolute Gasteiger partial charge is 0.408 e. The second-order valence-electron chi connectivity index (χ2n) is 11.0. The highest BCUT2D eigenvalue weighted by molar-refractivity contribution is 5.92. The van der Waals surface area contributed by atoms with E-state index >= 15 is 0 Å². The Morgan fingerprint density at radius 1 is 0.925 bits per heavy atom. The normalized spacial score (nSPS) is 12.7. The molecule has 0 fully saturated rings. The molecule has 8 nitrogen and oxygen atoms in total. The molecule has 3 aromatic rings. The van der Waals surface area contributed by atoms with Gasteiger partial charge in [-0.25, -0.2) is 4.79 Å². The van der Waals surface area contributed by atoms with Crippen molar-refractivity contribution in [3.63, 3.8) is 0 Å². The van der Waals surface area contributed by atoms with Crippen LogP contribution in [0.2, 0.25) is 0 Å². The summed E-state index contributed by atoms with van der Waals surface area (Å²) in [6.45, 7) is 9.35. The summed E-state index contributed by atoms with van der Waals surface area (Å²) < 4.78 is 5.43. The number of amides is 3. The largest absolute Gasteiger partial charge is 0.508 e. The van der Waals surface area contributed by atoms with E-state index in [1.165, 1.54) is 17.0 Å². The summed E-state index contributed by atoms with van der Waals surface area (Å²) in [7, 11) is 1.57. The molecule has 212 valence electrons. The number of likely N-dealkylation sites (N-methyl/N-ethyl adjacent to an activating group) is 1. The lowest BCUT2D eigenvalue weighted by atomic mass is 9.96. The second-order valence-corrected chi connectivity index (χ2v) is 11.0. The number of phenols is 1. The molecule has 0 heterocycles. The van der Waals surface area contributed by atoms with Gasteiger partial charge in [0.15, 0.2) is 0 Å². The minimum absolute atomic E-state index is 0.0916. The maximum atomic E-state index is 14.0. The van der Waals surface area contributed by atoms with Crippen LogP contribution in [0, 0.1) is 13.8 Å². The van der Waals surface area contributed by atoms with E-state index < -0.39 is 29.7 Å². The van der Waals surface area contributed by atoms with Crippen molar-refractivity contribution in [1.29, 1.82) is 0 Å². The van der Waals surface area contributed by atoms with E-state index in [9.17, 15) is 19.5 Å². The van der Waals surface area contributed by atoms with Crippen LogP contribution in [-0.2, 0) is 27.3 Å². The molecule has 0 aliphatic heterocycles. The van der Waals surface area contributed by atoms with Crippen LogP contribution in [-0.4, -0.2) is 46.6 Å². The van der Waals surface area contributed by atoms with Crippen molar-refractivity contribution in [2.45, 2.75) is 65.3 Å². The molecule has 2 unspecified atom stereocenters. The van der Waals surface area contributed by atoms with Gasteiger partial charge in [0.2, 0.25) is 11.8 Å². The number of nitrogens with zero attached hydrogens (tertiary/aromatic N) is 1. The topological polar surface area (TPSA) is 108 Å². The van der Waals surface area contributed by atoms with Crippen LogP contribution in [0.5, 0.6) is 5.75 Å². The summed E-state index contributed by atoms with van der Waals surface area (Å²) in [6, 6.07) is 19.7. The fourth-order valence-corrected chi connectivity index (χ4v) is 4.35. The first-order valence-electron chi connectivity index (χ1n) is 13.3. The van der Waals surface area contributed by atoms with Crippen LogP contribution in [0.4, 0.5) is 4.79 Å². The summed E-state index contributed by atoms with van der Waals surface area (Å²) in [5, 5.41) is 15.4. The number of ether oxygens (including phenoxy) is 1. The number of rotatable bonds is 9. The third-order valence-electron chi connectivity index (χ3n) is 6.39. The van der Waals surface area contributed by atoms with Gasteiger partial charge in [0.05, 0.1) is 0 Å². The zero-order valence-corrected chi connectivity index (χ0v) is 24.0. The first kappa shape index (κ1) is 30.2. The first-order chi connectivity index (χ1) is 18.8. The van der Waals surface area contributed by atoms with Gasteiger partial charge in [0.25, 0.3) is 0 Å². The lowest BCUT2D eigenvalue weighted by molar-refractivity contribution is -0.140. The van der Waals surface area contributed by atoms with E-state index in [2.05, 4.69) is 10.6 Å². The molecule has 40 heavy (non-hydrogen) atoms. The molecule has 0 aliphatic rings. The molecule has 2 atom stereocenters. The van der Waals surface area contributed by atoms with E-state index in [-0.39, 0.29) is 18.1 Å². The molecule has 3 aromatic carbocycles. The summed E-state index contributed by atoms with van der Waals surface area (Å²) in [5.41, 5.74) is 3.40. The molecule has 0 radical (unpaired) electrons. The number of aryl methyl sites for hydroxylation is 2. The number of phenolic OH excluding ortho intramolecular Hbond substituents is 1. The van der Waals surface area contributed by atoms with Gasteiger partial charge in [-0.1, -0.05) is 66.2 Å². The lowest BCUT2D eigenvalue weighted by Crippen LogP contribution is -2.52. The number of alkyl carbamates (subject to hydrolysis) is 1. The highest BCUT2D eigenvalue weighted by Crippen LogP contribution is 2.26. The van der Waals surface area contributed by atoms with E-state index in [1.54, 1.807) is 40.0 Å². The molecule has 3 rings (SSSR count). The molecule has 0 aromatic heterocycles. The molecule has 3 N–H and O–H groups in total. The maximum absolute atomic E-state index is 14.0. The summed E-state index contributed by atoms with van der Waals surface area (Å²) in [5.74, 6) is -0.706. The van der Waals surface area contributed by atoms with Crippen molar-refractivity contribution in [2.24, 2.45) is 0 Å². The van der Waals surface area contributed by atoms with E-state index in [1.807, 2.05) is 62.4 Å². The van der Waals surface area contributed by atoms with Gasteiger partial charge < -0.3 is 25.4 Å². The molecular weight excluding hydrogens is 506 g/mol. The minimum Gasteiger partial charge on any atom is -0.508 e. The van der Waals surface area contributed by atoms with E-state index in [0.29, 0.717) is 12.1 Å². The van der Waals surface area contributed by atoms with E-state index in [0.717, 1.165) is 22.3 Å². The van der Waals surface area contributed by atoms with Gasteiger partial charge in [-0.2, -0.15) is 0 Å². The molecule has 3 amide bonds. The van der Waals surface area contributed by atoms with Crippen molar-refractivity contribution in [3.05, 3.63) is 101 Å². The van der Waals surface area contributed by atoms with Crippen LogP contribution < -0.4 is 10.6 Å². The molecular formula is C32H39N3O5. The SMILES string of the molecule is Cc1ccc(C)c(C(C(=O)NCc2ccccc2)N(C)C(=O)C(Cc2ccc(O)cc2)NC(=O)OC(C)(C)C)c1. The summed E-state index contributed by atoms with van der Waals surface area (Å²) >= 11 is 0. The predicted molar refractivity (Wildman–Crippen MR) is 155 cm³/mol. The fraction of sp³-hybridized carbons (Fsp3) is 0.344.